The Morgan fingerprint density at radius 3 is 2.61 bits per heavy atom. The molecular weight excluding hydrogens is 468 g/mol. The second-order valence-electron chi connectivity index (χ2n) is 7.41. The van der Waals surface area contributed by atoms with Gasteiger partial charge in [-0.1, -0.05) is 35.3 Å². The number of anilines is 1. The van der Waals surface area contributed by atoms with Crippen LogP contribution in [0.4, 0.5) is 10.1 Å². The first kappa shape index (κ1) is 22.9. The molecule has 33 heavy (non-hydrogen) atoms. The van der Waals surface area contributed by atoms with Crippen molar-refractivity contribution < 1.29 is 18.3 Å². The maximum Gasteiger partial charge on any atom is 0.291 e. The van der Waals surface area contributed by atoms with Crippen LogP contribution in [0.15, 0.2) is 59.0 Å². The molecule has 0 saturated carbocycles. The lowest BCUT2D eigenvalue weighted by molar-refractivity contribution is 0.0992. The van der Waals surface area contributed by atoms with Crippen LogP contribution < -0.4 is 10.1 Å². The van der Waals surface area contributed by atoms with Crippen molar-refractivity contribution in [2.75, 3.05) is 5.32 Å². The van der Waals surface area contributed by atoms with Crippen LogP contribution in [0.5, 0.6) is 5.75 Å². The number of hydrogen-bond acceptors (Lipinski definition) is 4. The van der Waals surface area contributed by atoms with Crippen LogP contribution in [-0.2, 0) is 13.2 Å². The van der Waals surface area contributed by atoms with Gasteiger partial charge in [0, 0.05) is 5.02 Å². The quantitative estimate of drug-likeness (QED) is 0.326. The number of hydrogen-bond donors (Lipinski definition) is 1. The molecule has 0 unspecified atom stereocenters. The topological polar surface area (TPSA) is 69.3 Å². The molecule has 2 aromatic carbocycles. The lowest BCUT2D eigenvalue weighted by atomic mass is 10.2. The Hall–Kier alpha value is -3.29. The summed E-state index contributed by atoms with van der Waals surface area (Å²) >= 11 is 11.9. The number of rotatable bonds is 7. The van der Waals surface area contributed by atoms with Gasteiger partial charge in [-0.15, -0.1) is 0 Å². The van der Waals surface area contributed by atoms with Crippen LogP contribution in [-0.4, -0.2) is 15.7 Å². The number of amides is 1. The summed E-state index contributed by atoms with van der Waals surface area (Å²) in [6.07, 6.45) is 0. The van der Waals surface area contributed by atoms with Gasteiger partial charge in [-0.05, 0) is 61.9 Å². The van der Waals surface area contributed by atoms with Crippen molar-refractivity contribution in [1.29, 1.82) is 0 Å². The molecule has 6 nitrogen and oxygen atoms in total. The third-order valence-electron chi connectivity index (χ3n) is 5.01. The van der Waals surface area contributed by atoms with Gasteiger partial charge in [0.15, 0.2) is 5.76 Å². The third-order valence-corrected chi connectivity index (χ3v) is 5.56. The minimum Gasteiger partial charge on any atom is -0.484 e. The first-order valence-electron chi connectivity index (χ1n) is 10.1. The molecule has 9 heteroatoms. The first-order chi connectivity index (χ1) is 15.8. The largest absolute Gasteiger partial charge is 0.484 e. The van der Waals surface area contributed by atoms with Crippen molar-refractivity contribution >= 4 is 34.8 Å². The fourth-order valence-corrected chi connectivity index (χ4v) is 3.64. The average molecular weight is 488 g/mol. The van der Waals surface area contributed by atoms with Crippen molar-refractivity contribution in [2.45, 2.75) is 27.0 Å². The lowest BCUT2D eigenvalue weighted by Gasteiger charge is -2.07. The van der Waals surface area contributed by atoms with Crippen LogP contribution in [0.3, 0.4) is 0 Å². The number of carbonyl (C=O) groups is 1. The summed E-state index contributed by atoms with van der Waals surface area (Å²) in [7, 11) is 0. The van der Waals surface area contributed by atoms with E-state index in [1.807, 2.05) is 42.8 Å². The Morgan fingerprint density at radius 2 is 1.88 bits per heavy atom. The molecule has 0 spiro atoms. The molecule has 0 radical (unpaired) electrons. The van der Waals surface area contributed by atoms with E-state index >= 15 is 0 Å². The van der Waals surface area contributed by atoms with Gasteiger partial charge in [0.1, 0.15) is 23.9 Å². The molecule has 0 aliphatic rings. The molecule has 1 amide bonds. The molecule has 4 aromatic rings. The van der Waals surface area contributed by atoms with Crippen LogP contribution in [0, 0.1) is 19.7 Å². The second kappa shape index (κ2) is 9.68. The standard InChI is InChI=1S/C24H20Cl2FN3O3/c1-14-23(15(2)30(29-14)12-16-3-5-17(25)6-4-16)28-24(31)22-10-8-19(33-22)13-32-21-9-7-18(27)11-20(21)26/h3-11H,12-13H2,1-2H3,(H,28,31). The van der Waals surface area contributed by atoms with E-state index in [1.54, 1.807) is 12.1 Å². The van der Waals surface area contributed by atoms with Crippen LogP contribution >= 0.6 is 23.2 Å². The fraction of sp³-hybridized carbons (Fsp3) is 0.167. The van der Waals surface area contributed by atoms with Crippen LogP contribution in [0.2, 0.25) is 10.0 Å². The Balaban J connectivity index is 1.42. The molecule has 0 bridgehead atoms. The van der Waals surface area contributed by atoms with Gasteiger partial charge >= 0.3 is 0 Å². The number of aryl methyl sites for hydroxylation is 1. The average Bonchev–Trinajstić information content (AvgIpc) is 3.35. The molecule has 170 valence electrons. The second-order valence-corrected chi connectivity index (χ2v) is 8.26. The van der Waals surface area contributed by atoms with Crippen molar-refractivity contribution in [3.63, 3.8) is 0 Å². The van der Waals surface area contributed by atoms with E-state index in [0.717, 1.165) is 17.3 Å². The van der Waals surface area contributed by atoms with Gasteiger partial charge in [0.25, 0.3) is 5.91 Å². The molecule has 0 saturated heterocycles. The maximum atomic E-state index is 13.2. The monoisotopic (exact) mass is 487 g/mol. The number of ether oxygens (including phenoxy) is 1. The van der Waals surface area contributed by atoms with Crippen molar-refractivity contribution in [1.82, 2.24) is 9.78 Å². The van der Waals surface area contributed by atoms with Gasteiger partial charge in [-0.3, -0.25) is 9.48 Å². The minimum atomic E-state index is -0.452. The number of nitrogens with one attached hydrogen (secondary N) is 1. The molecule has 0 aliphatic heterocycles. The van der Waals surface area contributed by atoms with Crippen LogP contribution in [0.1, 0.15) is 33.3 Å². The fourth-order valence-electron chi connectivity index (χ4n) is 3.29. The molecule has 0 aliphatic carbocycles. The zero-order valence-corrected chi connectivity index (χ0v) is 19.4. The summed E-state index contributed by atoms with van der Waals surface area (Å²) in [5, 5.41) is 8.23. The summed E-state index contributed by atoms with van der Waals surface area (Å²) in [5.41, 5.74) is 3.17. The highest BCUT2D eigenvalue weighted by Gasteiger charge is 2.18. The highest BCUT2D eigenvalue weighted by Crippen LogP contribution is 2.26. The first-order valence-corrected chi connectivity index (χ1v) is 10.8. The highest BCUT2D eigenvalue weighted by molar-refractivity contribution is 6.32. The Kier molecular flexibility index (Phi) is 6.72. The van der Waals surface area contributed by atoms with E-state index in [9.17, 15) is 9.18 Å². The number of furan rings is 1. The summed E-state index contributed by atoms with van der Waals surface area (Å²) in [5.74, 6) is 0.0139. The molecule has 0 atom stereocenters. The molecule has 4 rings (SSSR count). The highest BCUT2D eigenvalue weighted by atomic mass is 35.5. The van der Waals surface area contributed by atoms with E-state index in [0.29, 0.717) is 34.5 Å². The number of carbonyl (C=O) groups excluding carboxylic acids is 1. The third kappa shape index (κ3) is 5.38. The Morgan fingerprint density at radius 1 is 1.12 bits per heavy atom. The SMILES string of the molecule is Cc1nn(Cc2ccc(Cl)cc2)c(C)c1NC(=O)c1ccc(COc2ccc(F)cc2Cl)o1. The number of benzene rings is 2. The summed E-state index contributed by atoms with van der Waals surface area (Å²) in [6, 6.07) is 14.6. The van der Waals surface area contributed by atoms with E-state index in [2.05, 4.69) is 10.4 Å². The summed E-state index contributed by atoms with van der Waals surface area (Å²) < 4.78 is 26.1. The predicted octanol–water partition coefficient (Wildman–Crippen LogP) is 6.42. The Bertz CT molecular complexity index is 1300. The van der Waals surface area contributed by atoms with Crippen LogP contribution in [0.25, 0.3) is 0 Å². The van der Waals surface area contributed by atoms with Gasteiger partial charge in [-0.2, -0.15) is 5.10 Å². The molecule has 1 N–H and O–H groups in total. The van der Waals surface area contributed by atoms with Gasteiger partial charge in [0.2, 0.25) is 0 Å². The number of halogens is 3. The lowest BCUT2D eigenvalue weighted by Crippen LogP contribution is -2.12. The normalized spacial score (nSPS) is 10.9. The molecule has 2 aromatic heterocycles. The zero-order valence-electron chi connectivity index (χ0n) is 17.9. The minimum absolute atomic E-state index is 0.0374. The number of aromatic nitrogens is 2. The van der Waals surface area contributed by atoms with Gasteiger partial charge in [0.05, 0.1) is 28.6 Å². The van der Waals surface area contributed by atoms with E-state index in [-0.39, 0.29) is 17.4 Å². The van der Waals surface area contributed by atoms with Crippen molar-refractivity contribution in [3.05, 3.63) is 98.9 Å². The molecular formula is C24H20Cl2FN3O3. The molecule has 0 fully saturated rings. The van der Waals surface area contributed by atoms with E-state index in [1.165, 1.54) is 12.1 Å². The summed E-state index contributed by atoms with van der Waals surface area (Å²) in [4.78, 5) is 12.7. The van der Waals surface area contributed by atoms with Crippen molar-refractivity contribution in [3.8, 4) is 5.75 Å². The maximum absolute atomic E-state index is 13.2. The van der Waals surface area contributed by atoms with Gasteiger partial charge in [-0.25, -0.2) is 4.39 Å². The van der Waals surface area contributed by atoms with Gasteiger partial charge < -0.3 is 14.5 Å². The van der Waals surface area contributed by atoms with Crippen molar-refractivity contribution in [2.24, 2.45) is 0 Å². The molecule has 2 heterocycles. The number of nitrogens with zero attached hydrogens (tertiary/aromatic N) is 2. The smallest absolute Gasteiger partial charge is 0.291 e. The van der Waals surface area contributed by atoms with E-state index in [4.69, 9.17) is 32.4 Å². The predicted molar refractivity (Wildman–Crippen MR) is 125 cm³/mol. The Labute approximate surface area is 199 Å². The zero-order chi connectivity index (χ0) is 23.5. The van der Waals surface area contributed by atoms with E-state index < -0.39 is 11.7 Å². The summed E-state index contributed by atoms with van der Waals surface area (Å²) in [6.45, 7) is 4.30.